The van der Waals surface area contributed by atoms with Gasteiger partial charge < -0.3 is 30.9 Å². The predicted molar refractivity (Wildman–Crippen MR) is 128 cm³/mol. The van der Waals surface area contributed by atoms with Gasteiger partial charge in [-0.15, -0.1) is 11.3 Å². The van der Waals surface area contributed by atoms with E-state index < -0.39 is 17.8 Å². The molecule has 0 aliphatic carbocycles. The Bertz CT molecular complexity index is 1060. The average Bonchev–Trinajstić information content (AvgIpc) is 3.22. The zero-order valence-corrected chi connectivity index (χ0v) is 20.1. The number of carboxylic acids is 2. The third-order valence-electron chi connectivity index (χ3n) is 3.73. The van der Waals surface area contributed by atoms with Crippen LogP contribution in [0.4, 0.5) is 10.8 Å². The number of amides is 2. The lowest BCUT2D eigenvalue weighted by atomic mass is 10.1. The molecule has 0 bridgehead atoms. The lowest BCUT2D eigenvalue weighted by molar-refractivity contribution is -0.134. The molecule has 34 heavy (non-hydrogen) atoms. The molecule has 0 radical (unpaired) electrons. The molecule has 6 N–H and O–H groups in total. The third kappa shape index (κ3) is 9.85. The average molecular weight is 514 g/mol. The molecular formula is C20H24ClN5O7S. The Hall–Kier alpha value is -3.68. The van der Waals surface area contributed by atoms with Gasteiger partial charge >= 0.3 is 11.9 Å². The van der Waals surface area contributed by atoms with Crippen LogP contribution < -0.4 is 21.1 Å². The van der Waals surface area contributed by atoms with Crippen LogP contribution in [0.1, 0.15) is 20.8 Å². The Balaban J connectivity index is 0.000000620. The molecule has 0 atom stereocenters. The number of benzene rings is 1. The van der Waals surface area contributed by atoms with Crippen molar-refractivity contribution >= 4 is 57.5 Å². The van der Waals surface area contributed by atoms with E-state index in [1.54, 1.807) is 5.38 Å². The summed E-state index contributed by atoms with van der Waals surface area (Å²) in [6.07, 6.45) is 1.12. The van der Waals surface area contributed by atoms with Gasteiger partial charge in [0.05, 0.1) is 23.4 Å². The number of methoxy groups -OCH3 is 1. The Kier molecular flexibility index (Phi) is 11.5. The highest BCUT2D eigenvalue weighted by Gasteiger charge is 2.18. The number of halogens is 1. The number of ether oxygens (including phenoxy) is 1. The molecule has 0 fully saturated rings. The van der Waals surface area contributed by atoms with E-state index in [-0.39, 0.29) is 22.2 Å². The number of thiazole rings is 1. The number of carbonyl (C=O) groups excluding carboxylic acids is 2. The molecule has 2 aromatic rings. The van der Waals surface area contributed by atoms with Crippen molar-refractivity contribution in [2.75, 3.05) is 45.3 Å². The molecule has 1 aromatic carbocycles. The molecular weight excluding hydrogens is 490 g/mol. The number of aliphatic carboxylic acids is 2. The van der Waals surface area contributed by atoms with Crippen molar-refractivity contribution in [3.05, 3.63) is 45.9 Å². The molecule has 12 nitrogen and oxygen atoms in total. The molecule has 0 aliphatic heterocycles. The monoisotopic (exact) mass is 513 g/mol. The van der Waals surface area contributed by atoms with Gasteiger partial charge in [-0.1, -0.05) is 11.6 Å². The first-order valence-corrected chi connectivity index (χ1v) is 10.7. The van der Waals surface area contributed by atoms with Crippen molar-refractivity contribution in [2.45, 2.75) is 0 Å². The van der Waals surface area contributed by atoms with Crippen LogP contribution in [0.2, 0.25) is 5.02 Å². The highest BCUT2D eigenvalue weighted by atomic mass is 35.5. The topological polar surface area (TPSA) is 184 Å². The summed E-state index contributed by atoms with van der Waals surface area (Å²) in [6.45, 7) is 1.23. The fourth-order valence-corrected chi connectivity index (χ4v) is 2.99. The molecule has 0 unspecified atom stereocenters. The Morgan fingerprint density at radius 2 is 1.79 bits per heavy atom. The summed E-state index contributed by atoms with van der Waals surface area (Å²) in [7, 11) is 5.26. The van der Waals surface area contributed by atoms with Gasteiger partial charge in [-0.25, -0.2) is 14.6 Å². The van der Waals surface area contributed by atoms with Gasteiger partial charge in [0, 0.05) is 36.7 Å². The quantitative estimate of drug-likeness (QED) is 0.244. The summed E-state index contributed by atoms with van der Waals surface area (Å²) in [5.41, 5.74) is 6.49. The second kappa shape index (κ2) is 13.8. The van der Waals surface area contributed by atoms with Gasteiger partial charge in [0.25, 0.3) is 11.8 Å². The van der Waals surface area contributed by atoms with Crippen molar-refractivity contribution < 1.29 is 34.1 Å². The fourth-order valence-electron chi connectivity index (χ4n) is 2.14. The second-order valence-corrected chi connectivity index (χ2v) is 7.90. The van der Waals surface area contributed by atoms with Crippen LogP contribution in [0.3, 0.4) is 0 Å². The summed E-state index contributed by atoms with van der Waals surface area (Å²) in [5.74, 6) is -2.98. The van der Waals surface area contributed by atoms with Gasteiger partial charge in [-0.2, -0.15) is 0 Å². The maximum Gasteiger partial charge on any atom is 0.328 e. The zero-order chi connectivity index (χ0) is 25.8. The summed E-state index contributed by atoms with van der Waals surface area (Å²) in [5, 5.41) is 23.1. The lowest BCUT2D eigenvalue weighted by Gasteiger charge is -2.10. The summed E-state index contributed by atoms with van der Waals surface area (Å²) in [4.78, 5) is 49.7. The molecule has 0 aliphatic rings. The first-order valence-electron chi connectivity index (χ1n) is 9.41. The summed E-state index contributed by atoms with van der Waals surface area (Å²) < 4.78 is 5.16. The first-order chi connectivity index (χ1) is 15.9. The maximum atomic E-state index is 12.5. The molecule has 0 saturated carbocycles. The number of aromatic nitrogens is 1. The smallest absolute Gasteiger partial charge is 0.328 e. The number of anilines is 2. The Morgan fingerprint density at radius 1 is 1.18 bits per heavy atom. The van der Waals surface area contributed by atoms with Crippen molar-refractivity contribution in [3.8, 4) is 5.75 Å². The van der Waals surface area contributed by atoms with Gasteiger partial charge in [0.15, 0.2) is 5.13 Å². The SMILES string of the molecule is COc1cc(N)c(Cl)cc1C(=O)Nc1nc(C(=O)NCCN(C)C)cs1.O=C(O)/C=C\C(=O)O. The van der Waals surface area contributed by atoms with Crippen LogP contribution in [-0.4, -0.2) is 78.1 Å². The Labute approximate surface area is 204 Å². The highest BCUT2D eigenvalue weighted by molar-refractivity contribution is 7.14. The number of hydrogen-bond donors (Lipinski definition) is 5. The largest absolute Gasteiger partial charge is 0.496 e. The summed E-state index contributed by atoms with van der Waals surface area (Å²) in [6, 6.07) is 2.90. The number of nitrogen functional groups attached to an aromatic ring is 1. The predicted octanol–water partition coefficient (Wildman–Crippen LogP) is 1.64. The third-order valence-corrected chi connectivity index (χ3v) is 4.82. The first kappa shape index (κ1) is 28.4. The van der Waals surface area contributed by atoms with E-state index in [1.807, 2.05) is 19.0 Å². The molecule has 184 valence electrons. The van der Waals surface area contributed by atoms with E-state index in [4.69, 9.17) is 32.3 Å². The minimum atomic E-state index is -1.26. The van der Waals surface area contributed by atoms with Crippen molar-refractivity contribution in [2.24, 2.45) is 0 Å². The van der Waals surface area contributed by atoms with E-state index in [2.05, 4.69) is 15.6 Å². The number of nitrogens with zero attached hydrogens (tertiary/aromatic N) is 2. The van der Waals surface area contributed by atoms with Gasteiger partial charge in [0.2, 0.25) is 0 Å². The number of rotatable bonds is 9. The van der Waals surface area contributed by atoms with E-state index in [1.165, 1.54) is 19.2 Å². The zero-order valence-electron chi connectivity index (χ0n) is 18.5. The van der Waals surface area contributed by atoms with Gasteiger partial charge in [-0.3, -0.25) is 14.9 Å². The number of likely N-dealkylation sites (N-methyl/N-ethyl adjacent to an activating group) is 1. The van der Waals surface area contributed by atoms with Crippen molar-refractivity contribution in [1.82, 2.24) is 15.2 Å². The van der Waals surface area contributed by atoms with Crippen molar-refractivity contribution in [3.63, 3.8) is 0 Å². The number of carboxylic acid groups (broad SMARTS) is 2. The molecule has 2 amide bonds. The number of hydrogen-bond acceptors (Lipinski definition) is 9. The molecule has 1 heterocycles. The number of nitrogens with two attached hydrogens (primary N) is 1. The molecule has 1 aromatic heterocycles. The van der Waals surface area contributed by atoms with Crippen molar-refractivity contribution in [1.29, 1.82) is 0 Å². The highest BCUT2D eigenvalue weighted by Crippen LogP contribution is 2.29. The van der Waals surface area contributed by atoms with Gasteiger partial charge in [0.1, 0.15) is 11.4 Å². The van der Waals surface area contributed by atoms with Crippen LogP contribution in [0, 0.1) is 0 Å². The number of carbonyl (C=O) groups is 4. The molecule has 0 saturated heterocycles. The minimum Gasteiger partial charge on any atom is -0.496 e. The van der Waals surface area contributed by atoms with Crippen LogP contribution in [0.5, 0.6) is 5.75 Å². The normalized spacial score (nSPS) is 10.4. The number of nitrogens with one attached hydrogen (secondary N) is 2. The van der Waals surface area contributed by atoms with Crippen LogP contribution in [0.25, 0.3) is 0 Å². The van der Waals surface area contributed by atoms with Crippen LogP contribution >= 0.6 is 22.9 Å². The van der Waals surface area contributed by atoms with E-state index in [9.17, 15) is 19.2 Å². The molecule has 14 heteroatoms. The van der Waals surface area contributed by atoms with Crippen LogP contribution in [0.15, 0.2) is 29.7 Å². The second-order valence-electron chi connectivity index (χ2n) is 6.64. The van der Waals surface area contributed by atoms with E-state index >= 15 is 0 Å². The Morgan fingerprint density at radius 3 is 2.32 bits per heavy atom. The lowest BCUT2D eigenvalue weighted by Crippen LogP contribution is -2.31. The van der Waals surface area contributed by atoms with E-state index in [0.717, 1.165) is 17.9 Å². The summed E-state index contributed by atoms with van der Waals surface area (Å²) >= 11 is 7.12. The molecule has 0 spiro atoms. The minimum absolute atomic E-state index is 0.221. The van der Waals surface area contributed by atoms with E-state index in [0.29, 0.717) is 35.3 Å². The molecule has 2 rings (SSSR count). The van der Waals surface area contributed by atoms with Crippen LogP contribution in [-0.2, 0) is 9.59 Å². The van der Waals surface area contributed by atoms with Gasteiger partial charge in [-0.05, 0) is 20.2 Å². The standard InChI is InChI=1S/C16H20ClN5O3S.C4H4O4/c1-22(2)5-4-19-15(24)12-8-26-16(20-12)21-14(23)9-6-10(17)11(18)7-13(9)25-3;5-3(6)1-2-4(7)8/h6-8H,4-5,18H2,1-3H3,(H,19,24)(H,20,21,23);1-2H,(H,5,6)(H,7,8)/b;2-1-. The maximum absolute atomic E-state index is 12.5. The fraction of sp³-hybridized carbons (Fsp3) is 0.250.